The first kappa shape index (κ1) is 17.1. The predicted octanol–water partition coefficient (Wildman–Crippen LogP) is 3.61. The number of hydrogen-bond donors (Lipinski definition) is 1. The fourth-order valence-electron chi connectivity index (χ4n) is 3.06. The Labute approximate surface area is 157 Å². The average Bonchev–Trinajstić information content (AvgIpc) is 3.21. The molecule has 0 fully saturated rings. The van der Waals surface area contributed by atoms with Crippen LogP contribution in [0.15, 0.2) is 53.1 Å². The summed E-state index contributed by atoms with van der Waals surface area (Å²) in [4.78, 5) is 12.4. The van der Waals surface area contributed by atoms with Crippen LogP contribution in [-0.2, 0) is 13.0 Å². The summed E-state index contributed by atoms with van der Waals surface area (Å²) >= 11 is 0. The van der Waals surface area contributed by atoms with Crippen molar-refractivity contribution < 1.29 is 18.8 Å². The van der Waals surface area contributed by atoms with Crippen molar-refractivity contribution in [3.8, 4) is 22.8 Å². The molecule has 6 heteroatoms. The Kier molecular flexibility index (Phi) is 4.78. The summed E-state index contributed by atoms with van der Waals surface area (Å²) in [5, 5.41) is 6.91. The second-order valence-electron chi connectivity index (χ2n) is 6.37. The van der Waals surface area contributed by atoms with Crippen molar-refractivity contribution in [2.75, 3.05) is 13.7 Å². The predicted molar refractivity (Wildman–Crippen MR) is 99.9 cm³/mol. The highest BCUT2D eigenvalue weighted by Crippen LogP contribution is 2.26. The van der Waals surface area contributed by atoms with E-state index in [0.717, 1.165) is 42.1 Å². The van der Waals surface area contributed by atoms with Crippen molar-refractivity contribution >= 4 is 5.91 Å². The average molecular weight is 364 g/mol. The maximum Gasteiger partial charge on any atom is 0.251 e. The number of carbonyl (C=O) groups is 1. The first-order valence-electron chi connectivity index (χ1n) is 8.87. The highest BCUT2D eigenvalue weighted by Gasteiger charge is 2.14. The number of hydrogen-bond acceptors (Lipinski definition) is 5. The zero-order valence-electron chi connectivity index (χ0n) is 15.0. The first-order chi connectivity index (χ1) is 13.2. The Hall–Kier alpha value is -3.28. The lowest BCUT2D eigenvalue weighted by atomic mass is 10.0. The molecule has 0 saturated heterocycles. The molecule has 27 heavy (non-hydrogen) atoms. The van der Waals surface area contributed by atoms with Gasteiger partial charge in [0, 0.05) is 17.2 Å². The number of carbonyl (C=O) groups excluding carboxylic acids is 1. The molecule has 3 aromatic rings. The van der Waals surface area contributed by atoms with E-state index in [-0.39, 0.29) is 5.91 Å². The summed E-state index contributed by atoms with van der Waals surface area (Å²) in [7, 11) is 1.62. The normalized spacial score (nSPS) is 12.8. The van der Waals surface area contributed by atoms with Gasteiger partial charge in [-0.05, 0) is 60.9 Å². The molecule has 1 aliphatic heterocycles. The van der Waals surface area contributed by atoms with Crippen LogP contribution in [0, 0.1) is 0 Å². The van der Waals surface area contributed by atoms with Crippen LogP contribution in [0.25, 0.3) is 11.3 Å². The molecular weight excluding hydrogens is 344 g/mol. The maximum atomic E-state index is 12.4. The van der Waals surface area contributed by atoms with E-state index in [0.29, 0.717) is 23.6 Å². The number of amides is 1. The van der Waals surface area contributed by atoms with Gasteiger partial charge in [-0.25, -0.2) is 0 Å². The van der Waals surface area contributed by atoms with Crippen LogP contribution in [0.1, 0.15) is 28.0 Å². The molecule has 0 bridgehead atoms. The Morgan fingerprint density at radius 3 is 2.85 bits per heavy atom. The molecule has 4 rings (SSSR count). The number of rotatable bonds is 5. The first-order valence-corrected chi connectivity index (χ1v) is 8.87. The number of nitrogens with zero attached hydrogens (tertiary/aromatic N) is 1. The van der Waals surface area contributed by atoms with Crippen LogP contribution in [-0.4, -0.2) is 24.8 Å². The van der Waals surface area contributed by atoms with Crippen LogP contribution in [0.4, 0.5) is 0 Å². The molecule has 1 N–H and O–H groups in total. The third kappa shape index (κ3) is 3.79. The zero-order chi connectivity index (χ0) is 18.6. The van der Waals surface area contributed by atoms with Crippen molar-refractivity contribution in [2.45, 2.75) is 19.4 Å². The number of nitrogens with one attached hydrogen (secondary N) is 1. The van der Waals surface area contributed by atoms with E-state index >= 15 is 0 Å². The van der Waals surface area contributed by atoms with Crippen molar-refractivity contribution in [3.05, 3.63) is 65.4 Å². The minimum Gasteiger partial charge on any atom is -0.497 e. The van der Waals surface area contributed by atoms with Crippen molar-refractivity contribution in [1.29, 1.82) is 0 Å². The van der Waals surface area contributed by atoms with E-state index in [2.05, 4.69) is 10.5 Å². The van der Waals surface area contributed by atoms with Gasteiger partial charge in [0.05, 0.1) is 20.3 Å². The Balaban J connectivity index is 1.40. The topological polar surface area (TPSA) is 73.6 Å². The SMILES string of the molecule is COc1ccc(-c2cc(CNC(=O)c3ccc4c(c3)CCCO4)no2)cc1. The second-order valence-corrected chi connectivity index (χ2v) is 6.37. The quantitative estimate of drug-likeness (QED) is 0.749. The van der Waals surface area contributed by atoms with E-state index in [1.54, 1.807) is 13.2 Å². The molecule has 1 aromatic heterocycles. The van der Waals surface area contributed by atoms with Gasteiger partial charge >= 0.3 is 0 Å². The fraction of sp³-hybridized carbons (Fsp3) is 0.238. The summed E-state index contributed by atoms with van der Waals surface area (Å²) < 4.78 is 16.1. The number of ether oxygens (including phenoxy) is 2. The van der Waals surface area contributed by atoms with Gasteiger partial charge < -0.3 is 19.3 Å². The Bertz CT molecular complexity index is 947. The van der Waals surface area contributed by atoms with Gasteiger partial charge in [-0.3, -0.25) is 4.79 Å². The lowest BCUT2D eigenvalue weighted by Gasteiger charge is -2.17. The molecular formula is C21H20N2O4. The zero-order valence-corrected chi connectivity index (χ0v) is 15.0. The molecule has 0 aliphatic carbocycles. The monoisotopic (exact) mass is 364 g/mol. The molecule has 1 amide bonds. The minimum atomic E-state index is -0.141. The van der Waals surface area contributed by atoms with Crippen LogP contribution < -0.4 is 14.8 Å². The van der Waals surface area contributed by atoms with Gasteiger partial charge in [0.15, 0.2) is 5.76 Å². The molecule has 138 valence electrons. The summed E-state index contributed by atoms with van der Waals surface area (Å²) in [6.07, 6.45) is 1.91. The van der Waals surface area contributed by atoms with Crippen LogP contribution >= 0.6 is 0 Å². The van der Waals surface area contributed by atoms with Crippen LogP contribution in [0.2, 0.25) is 0 Å². The molecule has 1 aliphatic rings. The van der Waals surface area contributed by atoms with E-state index in [9.17, 15) is 4.79 Å². The standard InChI is InChI=1S/C21H20N2O4/c1-25-18-7-4-14(5-8-18)20-12-17(23-27-20)13-22-21(24)16-6-9-19-15(11-16)3-2-10-26-19/h4-9,11-12H,2-3,10,13H2,1H3,(H,22,24). The van der Waals surface area contributed by atoms with E-state index in [1.807, 2.05) is 42.5 Å². The highest BCUT2D eigenvalue weighted by molar-refractivity contribution is 5.94. The fourth-order valence-corrected chi connectivity index (χ4v) is 3.06. The number of methoxy groups -OCH3 is 1. The van der Waals surface area contributed by atoms with Gasteiger partial charge in [0.25, 0.3) is 5.91 Å². The van der Waals surface area contributed by atoms with Crippen LogP contribution in [0.3, 0.4) is 0 Å². The van der Waals surface area contributed by atoms with E-state index < -0.39 is 0 Å². The molecule has 2 aromatic carbocycles. The third-order valence-corrected chi connectivity index (χ3v) is 4.53. The van der Waals surface area contributed by atoms with Crippen molar-refractivity contribution in [3.63, 3.8) is 0 Å². The van der Waals surface area contributed by atoms with Gasteiger partial charge in [-0.1, -0.05) is 5.16 Å². The molecule has 0 atom stereocenters. The number of aromatic nitrogens is 1. The Morgan fingerprint density at radius 2 is 2.04 bits per heavy atom. The smallest absolute Gasteiger partial charge is 0.251 e. The summed E-state index contributed by atoms with van der Waals surface area (Å²) in [5.74, 6) is 2.16. The van der Waals surface area contributed by atoms with Crippen molar-refractivity contribution in [1.82, 2.24) is 10.5 Å². The lowest BCUT2D eigenvalue weighted by molar-refractivity contribution is 0.0950. The van der Waals surface area contributed by atoms with Gasteiger partial charge in [-0.15, -0.1) is 0 Å². The summed E-state index contributed by atoms with van der Waals surface area (Å²) in [6, 6.07) is 14.9. The molecule has 0 radical (unpaired) electrons. The Morgan fingerprint density at radius 1 is 1.19 bits per heavy atom. The van der Waals surface area contributed by atoms with Crippen molar-refractivity contribution in [2.24, 2.45) is 0 Å². The second kappa shape index (κ2) is 7.53. The number of fused-ring (bicyclic) bond motifs is 1. The molecule has 2 heterocycles. The summed E-state index contributed by atoms with van der Waals surface area (Å²) in [6.45, 7) is 1.04. The van der Waals surface area contributed by atoms with Gasteiger partial charge in [-0.2, -0.15) is 0 Å². The number of benzene rings is 2. The third-order valence-electron chi connectivity index (χ3n) is 4.53. The molecule has 0 spiro atoms. The van der Waals surface area contributed by atoms with Gasteiger partial charge in [0.2, 0.25) is 0 Å². The summed E-state index contributed by atoms with van der Waals surface area (Å²) in [5.41, 5.74) is 3.27. The molecule has 0 unspecified atom stereocenters. The molecule has 6 nitrogen and oxygen atoms in total. The van der Waals surface area contributed by atoms with E-state index in [4.69, 9.17) is 14.0 Å². The number of aryl methyl sites for hydroxylation is 1. The van der Waals surface area contributed by atoms with E-state index in [1.165, 1.54) is 0 Å². The minimum absolute atomic E-state index is 0.141. The lowest BCUT2D eigenvalue weighted by Crippen LogP contribution is -2.23. The van der Waals surface area contributed by atoms with Crippen LogP contribution in [0.5, 0.6) is 11.5 Å². The molecule has 0 saturated carbocycles. The van der Waals surface area contributed by atoms with Gasteiger partial charge in [0.1, 0.15) is 17.2 Å². The highest BCUT2D eigenvalue weighted by atomic mass is 16.5. The maximum absolute atomic E-state index is 12.4. The largest absolute Gasteiger partial charge is 0.497 e.